The minimum absolute atomic E-state index is 0.442. The van der Waals surface area contributed by atoms with Gasteiger partial charge in [0.25, 0.3) is 0 Å². The van der Waals surface area contributed by atoms with Gasteiger partial charge in [-0.05, 0) is 66.2 Å². The molecule has 0 fully saturated rings. The molecule has 0 spiro atoms. The zero-order valence-corrected chi connectivity index (χ0v) is 16.4. The molecule has 0 amide bonds. The Hall–Kier alpha value is 0.260. The summed E-state index contributed by atoms with van der Waals surface area (Å²) < 4.78 is 27.9. The highest BCUT2D eigenvalue weighted by molar-refractivity contribution is 7.53. The normalized spacial score (nSPS) is 14.3. The summed E-state index contributed by atoms with van der Waals surface area (Å²) in [6.07, 6.45) is 3.72. The van der Waals surface area contributed by atoms with Gasteiger partial charge in [-0.3, -0.25) is 9.13 Å². The van der Waals surface area contributed by atoms with E-state index in [1.807, 2.05) is 0 Å². The quantitative estimate of drug-likeness (QED) is 0.305. The zero-order chi connectivity index (χ0) is 18.4. The maximum Gasteiger partial charge on any atom is 0.331 e. The summed E-state index contributed by atoms with van der Waals surface area (Å²) in [4.78, 5) is 36.8. The maximum absolute atomic E-state index is 11.3. The van der Waals surface area contributed by atoms with Crippen LogP contribution >= 0.6 is 15.2 Å². The van der Waals surface area contributed by atoms with Gasteiger partial charge >= 0.3 is 15.2 Å². The summed E-state index contributed by atoms with van der Waals surface area (Å²) >= 11 is 0. The Morgan fingerprint density at radius 2 is 1.00 bits per heavy atom. The maximum atomic E-state index is 11.3. The fraction of sp³-hybridized carbons (Fsp3) is 1.00. The van der Waals surface area contributed by atoms with E-state index in [0.717, 1.165) is 12.8 Å². The third-order valence-corrected chi connectivity index (χ3v) is 7.83. The Kier molecular flexibility index (Phi) is 9.20. The topological polar surface area (TPSA) is 124 Å². The van der Waals surface area contributed by atoms with Gasteiger partial charge in [0.1, 0.15) is 0 Å². The van der Waals surface area contributed by atoms with E-state index < -0.39 is 25.5 Å². The summed E-state index contributed by atoms with van der Waals surface area (Å²) in [5, 5.41) is -2.00. The van der Waals surface area contributed by atoms with Crippen molar-refractivity contribution in [1.82, 2.24) is 0 Å². The van der Waals surface area contributed by atoms with Crippen molar-refractivity contribution in [2.24, 2.45) is 0 Å². The average Bonchev–Trinajstić information content (AvgIpc) is 2.33. The second-order valence-corrected chi connectivity index (χ2v) is 11.8. The number of hydrogen-bond donors (Lipinski definition) is 4. The van der Waals surface area contributed by atoms with Crippen molar-refractivity contribution in [2.75, 3.05) is 13.2 Å². The molecular weight excluding hydrogens is 342 g/mol. The third-order valence-electron chi connectivity index (χ3n) is 4.23. The first-order valence-corrected chi connectivity index (χ1v) is 11.1. The largest absolute Gasteiger partial charge is 0.381 e. The molecule has 0 aliphatic rings. The van der Waals surface area contributed by atoms with Crippen LogP contribution in [0.1, 0.15) is 66.2 Å². The highest BCUT2D eigenvalue weighted by Gasteiger charge is 2.37. The van der Waals surface area contributed by atoms with Gasteiger partial charge in [-0.15, -0.1) is 0 Å². The molecule has 0 saturated heterocycles. The Balaban J connectivity index is 3.70. The highest BCUT2D eigenvalue weighted by Crippen LogP contribution is 2.53. The summed E-state index contributed by atoms with van der Waals surface area (Å²) in [7, 11) is -8.15. The molecule has 0 aromatic carbocycles. The molecular formula is C14H32O7P2. The van der Waals surface area contributed by atoms with Gasteiger partial charge < -0.3 is 24.3 Å². The van der Waals surface area contributed by atoms with Crippen molar-refractivity contribution >= 4 is 15.2 Å². The van der Waals surface area contributed by atoms with Crippen molar-refractivity contribution in [3.63, 3.8) is 0 Å². The number of rotatable bonds is 12. The third kappa shape index (κ3) is 8.78. The van der Waals surface area contributed by atoms with E-state index in [0.29, 0.717) is 38.9 Å². The van der Waals surface area contributed by atoms with Crippen LogP contribution in [-0.2, 0) is 13.9 Å². The molecule has 0 heterocycles. The van der Waals surface area contributed by atoms with E-state index in [1.54, 1.807) is 27.7 Å². The Bertz CT molecular complexity index is 396. The lowest BCUT2D eigenvalue weighted by molar-refractivity contribution is 0.124. The predicted octanol–water partition coefficient (Wildman–Crippen LogP) is 3.26. The average molecular weight is 374 g/mol. The van der Waals surface area contributed by atoms with E-state index in [9.17, 15) is 28.7 Å². The van der Waals surface area contributed by atoms with Crippen LogP contribution < -0.4 is 0 Å². The molecule has 0 rings (SSSR count). The molecule has 140 valence electrons. The molecule has 0 saturated carbocycles. The Morgan fingerprint density at radius 3 is 1.26 bits per heavy atom. The molecule has 0 unspecified atom stereocenters. The van der Waals surface area contributed by atoms with Gasteiger partial charge in [-0.25, -0.2) is 0 Å². The number of hydrogen-bond acceptors (Lipinski definition) is 3. The lowest BCUT2D eigenvalue weighted by Crippen LogP contribution is -2.20. The van der Waals surface area contributed by atoms with E-state index >= 15 is 0 Å². The second kappa shape index (κ2) is 9.10. The van der Waals surface area contributed by atoms with Crippen molar-refractivity contribution in [2.45, 2.75) is 76.5 Å². The minimum Gasteiger partial charge on any atom is -0.381 e. The van der Waals surface area contributed by atoms with Crippen LogP contribution in [-0.4, -0.2) is 43.1 Å². The van der Waals surface area contributed by atoms with Gasteiger partial charge in [0.2, 0.25) is 0 Å². The van der Waals surface area contributed by atoms with Crippen LogP contribution in [0.5, 0.6) is 0 Å². The molecule has 23 heavy (non-hydrogen) atoms. The Labute approximate surface area is 139 Å². The van der Waals surface area contributed by atoms with Gasteiger partial charge in [-0.2, -0.15) is 0 Å². The lowest BCUT2D eigenvalue weighted by atomic mass is 10.1. The summed E-state index contributed by atoms with van der Waals surface area (Å²) in [6.45, 7) is 7.32. The number of ether oxygens (including phenoxy) is 1. The molecule has 0 aliphatic heterocycles. The summed E-state index contributed by atoms with van der Waals surface area (Å²) in [6, 6.07) is 0. The fourth-order valence-electron chi connectivity index (χ4n) is 1.92. The molecule has 0 radical (unpaired) electrons. The highest BCUT2D eigenvalue weighted by atomic mass is 31.2. The molecule has 7 nitrogen and oxygen atoms in total. The first-order chi connectivity index (χ1) is 10.2. The zero-order valence-electron chi connectivity index (χ0n) is 14.6. The first-order valence-electron chi connectivity index (χ1n) is 7.90. The smallest absolute Gasteiger partial charge is 0.331 e. The van der Waals surface area contributed by atoms with E-state index in [4.69, 9.17) is 4.74 Å². The van der Waals surface area contributed by atoms with Crippen LogP contribution in [0.4, 0.5) is 0 Å². The molecule has 4 N–H and O–H groups in total. The fourth-order valence-corrected chi connectivity index (χ4v) is 2.82. The monoisotopic (exact) mass is 374 g/mol. The van der Waals surface area contributed by atoms with E-state index in [1.165, 1.54) is 0 Å². The van der Waals surface area contributed by atoms with Gasteiger partial charge in [0.05, 0.1) is 10.3 Å². The predicted molar refractivity (Wildman–Crippen MR) is 90.8 cm³/mol. The minimum atomic E-state index is -4.07. The molecule has 0 aromatic heterocycles. The standard InChI is InChI=1S/C14H32O7P2/c1-13(2,22(15,16)17)9-5-7-11-21-12-8-6-10-14(3,4)23(18,19)20/h5-12H2,1-4H3,(H2,15,16,17)(H2,18,19,20). The van der Waals surface area contributed by atoms with Crippen molar-refractivity contribution in [3.05, 3.63) is 0 Å². The SMILES string of the molecule is CC(C)(CCCCOCCCCC(C)(C)P(=O)(O)O)P(=O)(O)O. The number of unbranched alkanes of at least 4 members (excludes halogenated alkanes) is 2. The van der Waals surface area contributed by atoms with Crippen molar-refractivity contribution in [3.8, 4) is 0 Å². The van der Waals surface area contributed by atoms with Crippen LogP contribution in [0.3, 0.4) is 0 Å². The van der Waals surface area contributed by atoms with E-state index in [2.05, 4.69) is 0 Å². The summed E-state index contributed by atoms with van der Waals surface area (Å²) in [5.74, 6) is 0. The van der Waals surface area contributed by atoms with Crippen LogP contribution in [0, 0.1) is 0 Å². The van der Waals surface area contributed by atoms with Gasteiger partial charge in [-0.1, -0.05) is 0 Å². The van der Waals surface area contributed by atoms with Gasteiger partial charge in [0, 0.05) is 13.2 Å². The van der Waals surface area contributed by atoms with Crippen LogP contribution in [0.2, 0.25) is 0 Å². The Morgan fingerprint density at radius 1 is 0.696 bits per heavy atom. The lowest BCUT2D eigenvalue weighted by Gasteiger charge is -2.25. The molecule has 0 aliphatic carbocycles. The summed E-state index contributed by atoms with van der Waals surface area (Å²) in [5.41, 5.74) is 0. The first kappa shape index (κ1) is 23.3. The van der Waals surface area contributed by atoms with Crippen LogP contribution in [0.15, 0.2) is 0 Å². The van der Waals surface area contributed by atoms with Gasteiger partial charge in [0.15, 0.2) is 0 Å². The molecule has 0 bridgehead atoms. The van der Waals surface area contributed by atoms with Crippen molar-refractivity contribution < 1.29 is 33.4 Å². The molecule has 0 aromatic rings. The molecule has 0 atom stereocenters. The molecule has 9 heteroatoms. The van der Waals surface area contributed by atoms with Crippen molar-refractivity contribution in [1.29, 1.82) is 0 Å². The van der Waals surface area contributed by atoms with Crippen LogP contribution in [0.25, 0.3) is 0 Å². The van der Waals surface area contributed by atoms with E-state index in [-0.39, 0.29) is 0 Å². The second-order valence-electron chi connectivity index (χ2n) is 7.24.